The van der Waals surface area contributed by atoms with Crippen LogP contribution in [0.2, 0.25) is 0 Å². The Morgan fingerprint density at radius 2 is 1.11 bits per heavy atom. The molecule has 0 heterocycles. The molecule has 0 atom stereocenters. The standard InChI is InChI=1S/C27H30/c1-8-21-24-17-19(13-15-26(2,3)4)9-11-22(24)23-12-10-20(18-25(21)23)14-16-27(5,6)7/h9-12,17-18,21H,8H2,1-7H3. The van der Waals surface area contributed by atoms with Crippen LogP contribution in [-0.2, 0) is 0 Å². The van der Waals surface area contributed by atoms with E-state index in [9.17, 15) is 0 Å². The van der Waals surface area contributed by atoms with Crippen LogP contribution in [0.1, 0.15) is 83.1 Å². The fraction of sp³-hybridized carbons (Fsp3) is 0.407. The predicted molar refractivity (Wildman–Crippen MR) is 117 cm³/mol. The summed E-state index contributed by atoms with van der Waals surface area (Å²) < 4.78 is 0. The first-order valence-corrected chi connectivity index (χ1v) is 9.92. The largest absolute Gasteiger partial charge is 0.0920 e. The molecule has 0 nitrogen and oxygen atoms in total. The lowest BCUT2D eigenvalue weighted by molar-refractivity contribution is 0.570. The number of fused-ring (bicyclic) bond motifs is 3. The van der Waals surface area contributed by atoms with E-state index in [1.165, 1.54) is 22.3 Å². The summed E-state index contributed by atoms with van der Waals surface area (Å²) in [6.07, 6.45) is 1.09. The van der Waals surface area contributed by atoms with Crippen molar-refractivity contribution < 1.29 is 0 Å². The van der Waals surface area contributed by atoms with Crippen molar-refractivity contribution in [2.75, 3.05) is 0 Å². The average Bonchev–Trinajstić information content (AvgIpc) is 2.89. The maximum atomic E-state index is 3.36. The van der Waals surface area contributed by atoms with Crippen molar-refractivity contribution in [3.63, 3.8) is 0 Å². The molecule has 138 valence electrons. The van der Waals surface area contributed by atoms with Crippen LogP contribution in [0.25, 0.3) is 11.1 Å². The fourth-order valence-corrected chi connectivity index (χ4v) is 3.47. The summed E-state index contributed by atoms with van der Waals surface area (Å²) in [6.45, 7) is 15.2. The Labute approximate surface area is 165 Å². The van der Waals surface area contributed by atoms with Crippen LogP contribution in [0, 0.1) is 34.5 Å². The second-order valence-corrected chi connectivity index (χ2v) is 9.56. The topological polar surface area (TPSA) is 0 Å². The van der Waals surface area contributed by atoms with Gasteiger partial charge in [-0.15, -0.1) is 0 Å². The van der Waals surface area contributed by atoms with Gasteiger partial charge in [-0.2, -0.15) is 0 Å². The Bertz CT molecular complexity index is 901. The lowest BCUT2D eigenvalue weighted by atomic mass is 9.92. The molecule has 2 aromatic rings. The molecule has 0 fully saturated rings. The summed E-state index contributed by atoms with van der Waals surface area (Å²) in [4.78, 5) is 0. The SMILES string of the molecule is CCC1c2cc(C#CC(C)(C)C)ccc2-c2ccc(C#CC(C)(C)C)cc21. The third-order valence-electron chi connectivity index (χ3n) is 4.72. The molecule has 0 unspecified atom stereocenters. The number of hydrogen-bond acceptors (Lipinski definition) is 0. The normalized spacial score (nSPS) is 13.1. The molecule has 0 aromatic heterocycles. The van der Waals surface area contributed by atoms with Gasteiger partial charge in [0, 0.05) is 27.9 Å². The van der Waals surface area contributed by atoms with Crippen LogP contribution < -0.4 is 0 Å². The van der Waals surface area contributed by atoms with Crippen LogP contribution in [0.5, 0.6) is 0 Å². The molecule has 0 N–H and O–H groups in total. The Kier molecular flexibility index (Phi) is 4.97. The lowest BCUT2D eigenvalue weighted by Gasteiger charge is -2.11. The highest BCUT2D eigenvalue weighted by Crippen LogP contribution is 2.46. The minimum absolute atomic E-state index is 0.0206. The van der Waals surface area contributed by atoms with E-state index in [1.54, 1.807) is 0 Å². The molecule has 0 radical (unpaired) electrons. The van der Waals surface area contributed by atoms with Crippen molar-refractivity contribution >= 4 is 0 Å². The summed E-state index contributed by atoms with van der Waals surface area (Å²) in [5.74, 6) is 13.9. The zero-order chi connectivity index (χ0) is 19.8. The summed E-state index contributed by atoms with van der Waals surface area (Å²) in [5.41, 5.74) is 7.80. The quantitative estimate of drug-likeness (QED) is 0.483. The molecule has 3 rings (SSSR count). The summed E-state index contributed by atoms with van der Waals surface area (Å²) in [7, 11) is 0. The first-order valence-electron chi connectivity index (χ1n) is 9.92. The van der Waals surface area contributed by atoms with E-state index in [1.807, 2.05) is 0 Å². The maximum Gasteiger partial charge on any atom is 0.0248 e. The summed E-state index contributed by atoms with van der Waals surface area (Å²) >= 11 is 0. The van der Waals surface area contributed by atoms with E-state index in [4.69, 9.17) is 0 Å². The highest BCUT2D eigenvalue weighted by molar-refractivity contribution is 5.80. The summed E-state index contributed by atoms with van der Waals surface area (Å²) in [6, 6.07) is 13.4. The van der Waals surface area contributed by atoms with Gasteiger partial charge >= 0.3 is 0 Å². The van der Waals surface area contributed by atoms with E-state index in [2.05, 4.69) is 109 Å². The van der Waals surface area contributed by atoms with E-state index in [0.29, 0.717) is 5.92 Å². The van der Waals surface area contributed by atoms with E-state index in [-0.39, 0.29) is 10.8 Å². The van der Waals surface area contributed by atoms with Crippen molar-refractivity contribution in [1.82, 2.24) is 0 Å². The van der Waals surface area contributed by atoms with Crippen molar-refractivity contribution in [2.24, 2.45) is 10.8 Å². The van der Waals surface area contributed by atoms with Gasteiger partial charge in [-0.1, -0.05) is 42.7 Å². The maximum absolute atomic E-state index is 3.36. The Balaban J connectivity index is 2.03. The second kappa shape index (κ2) is 6.94. The van der Waals surface area contributed by atoms with Gasteiger partial charge in [0.25, 0.3) is 0 Å². The van der Waals surface area contributed by atoms with Crippen LogP contribution in [0.4, 0.5) is 0 Å². The van der Waals surface area contributed by atoms with Gasteiger partial charge in [0.2, 0.25) is 0 Å². The molecule has 0 saturated heterocycles. The van der Waals surface area contributed by atoms with Crippen LogP contribution in [0.15, 0.2) is 36.4 Å². The molecule has 1 aliphatic rings. The molecular formula is C27H30. The van der Waals surface area contributed by atoms with Gasteiger partial charge < -0.3 is 0 Å². The van der Waals surface area contributed by atoms with Crippen molar-refractivity contribution in [3.8, 4) is 34.8 Å². The number of benzene rings is 2. The van der Waals surface area contributed by atoms with Crippen LogP contribution in [-0.4, -0.2) is 0 Å². The van der Waals surface area contributed by atoms with Gasteiger partial charge in [0.1, 0.15) is 0 Å². The molecular weight excluding hydrogens is 324 g/mol. The molecule has 0 saturated carbocycles. The Morgan fingerprint density at radius 3 is 1.44 bits per heavy atom. The van der Waals surface area contributed by atoms with E-state index >= 15 is 0 Å². The molecule has 0 amide bonds. The smallest absolute Gasteiger partial charge is 0.0248 e. The van der Waals surface area contributed by atoms with Gasteiger partial charge in [0.05, 0.1) is 0 Å². The van der Waals surface area contributed by atoms with Crippen LogP contribution in [0.3, 0.4) is 0 Å². The first-order chi connectivity index (χ1) is 12.6. The van der Waals surface area contributed by atoms with Crippen LogP contribution >= 0.6 is 0 Å². The minimum Gasteiger partial charge on any atom is -0.0920 e. The zero-order valence-electron chi connectivity index (χ0n) is 17.7. The van der Waals surface area contributed by atoms with Gasteiger partial charge in [-0.3, -0.25) is 0 Å². The molecule has 2 aromatic carbocycles. The van der Waals surface area contributed by atoms with Gasteiger partial charge in [-0.05, 0) is 94.5 Å². The van der Waals surface area contributed by atoms with Crippen molar-refractivity contribution in [1.29, 1.82) is 0 Å². The Morgan fingerprint density at radius 1 is 0.704 bits per heavy atom. The Hall–Kier alpha value is -2.44. The third kappa shape index (κ3) is 4.46. The number of hydrogen-bond donors (Lipinski definition) is 0. The third-order valence-corrected chi connectivity index (χ3v) is 4.72. The van der Waals surface area contributed by atoms with Crippen molar-refractivity contribution in [3.05, 3.63) is 58.7 Å². The highest BCUT2D eigenvalue weighted by Gasteiger charge is 2.27. The number of rotatable bonds is 1. The molecule has 0 spiro atoms. The minimum atomic E-state index is 0.0206. The molecule has 0 aliphatic heterocycles. The predicted octanol–water partition coefficient (Wildman–Crippen LogP) is 7.00. The fourth-order valence-electron chi connectivity index (χ4n) is 3.47. The van der Waals surface area contributed by atoms with Gasteiger partial charge in [-0.25, -0.2) is 0 Å². The molecule has 0 bridgehead atoms. The molecule has 0 heteroatoms. The second-order valence-electron chi connectivity index (χ2n) is 9.56. The summed E-state index contributed by atoms with van der Waals surface area (Å²) in [5, 5.41) is 0. The van der Waals surface area contributed by atoms with E-state index < -0.39 is 0 Å². The lowest BCUT2D eigenvalue weighted by Crippen LogP contribution is -2.00. The highest BCUT2D eigenvalue weighted by atomic mass is 14.3. The molecule has 27 heavy (non-hydrogen) atoms. The zero-order valence-corrected chi connectivity index (χ0v) is 17.7. The monoisotopic (exact) mass is 354 g/mol. The molecule has 1 aliphatic carbocycles. The van der Waals surface area contributed by atoms with Gasteiger partial charge in [0.15, 0.2) is 0 Å². The van der Waals surface area contributed by atoms with Crippen molar-refractivity contribution in [2.45, 2.75) is 60.8 Å². The van der Waals surface area contributed by atoms with E-state index in [0.717, 1.165) is 17.5 Å². The first kappa shape index (κ1) is 19.3. The average molecular weight is 355 g/mol.